The minimum atomic E-state index is -0.990. The van der Waals surface area contributed by atoms with Gasteiger partial charge in [0.15, 0.2) is 5.13 Å². The Morgan fingerprint density at radius 1 is 1.17 bits per heavy atom. The Kier molecular flexibility index (Phi) is 6.71. The van der Waals surface area contributed by atoms with Crippen LogP contribution in [0.2, 0.25) is 0 Å². The zero-order chi connectivity index (χ0) is 21.0. The molecule has 0 radical (unpaired) electrons. The topological polar surface area (TPSA) is 71.1 Å². The lowest BCUT2D eigenvalue weighted by molar-refractivity contribution is -0.115. The van der Waals surface area contributed by atoms with Gasteiger partial charge in [-0.25, -0.2) is 13.8 Å². The van der Waals surface area contributed by atoms with Gasteiger partial charge in [-0.15, -0.1) is 11.3 Å². The predicted octanol–water partition coefficient (Wildman–Crippen LogP) is 4.45. The van der Waals surface area contributed by atoms with Crippen LogP contribution in [0.3, 0.4) is 0 Å². The van der Waals surface area contributed by atoms with Gasteiger partial charge in [-0.2, -0.15) is 0 Å². The maximum Gasteiger partial charge on any atom is 0.254 e. The number of aryl methyl sites for hydroxylation is 1. The minimum Gasteiger partial charge on any atom is -0.343 e. The van der Waals surface area contributed by atoms with Gasteiger partial charge in [0, 0.05) is 28.0 Å². The molecule has 1 heterocycles. The van der Waals surface area contributed by atoms with Gasteiger partial charge in [-0.1, -0.05) is 28.1 Å². The molecule has 150 valence electrons. The number of halogens is 3. The van der Waals surface area contributed by atoms with Crippen LogP contribution in [0.1, 0.15) is 26.4 Å². The van der Waals surface area contributed by atoms with Gasteiger partial charge in [-0.05, 0) is 36.2 Å². The summed E-state index contributed by atoms with van der Waals surface area (Å²) in [4.78, 5) is 29.1. The van der Waals surface area contributed by atoms with Crippen molar-refractivity contribution in [3.05, 3.63) is 80.3 Å². The Labute approximate surface area is 178 Å². The highest BCUT2D eigenvalue weighted by Gasteiger charge is 2.14. The van der Waals surface area contributed by atoms with E-state index < -0.39 is 23.4 Å². The highest BCUT2D eigenvalue weighted by Crippen LogP contribution is 2.23. The number of nitrogens with zero attached hydrogens (tertiary/aromatic N) is 1. The lowest BCUT2D eigenvalue weighted by Gasteiger charge is -2.06. The molecule has 5 nitrogen and oxygen atoms in total. The molecule has 0 aliphatic rings. The SMILES string of the molecule is Cc1cc(Cc2cnc(NC(=O)CNC(=O)c3ccc(F)cc3F)s2)ccc1Br. The van der Waals surface area contributed by atoms with Gasteiger partial charge in [0.05, 0.1) is 12.1 Å². The molecule has 0 bridgehead atoms. The molecule has 29 heavy (non-hydrogen) atoms. The molecule has 0 saturated heterocycles. The summed E-state index contributed by atoms with van der Waals surface area (Å²) in [5.74, 6) is -3.07. The van der Waals surface area contributed by atoms with Crippen molar-refractivity contribution in [3.8, 4) is 0 Å². The summed E-state index contributed by atoms with van der Waals surface area (Å²) in [7, 11) is 0. The van der Waals surface area contributed by atoms with Gasteiger partial charge in [0.2, 0.25) is 5.91 Å². The summed E-state index contributed by atoms with van der Waals surface area (Å²) in [6, 6.07) is 8.68. The molecule has 3 rings (SSSR count). The first-order valence-corrected chi connectivity index (χ1v) is 10.2. The molecule has 0 fully saturated rings. The average Bonchev–Trinajstić information content (AvgIpc) is 3.09. The van der Waals surface area contributed by atoms with Gasteiger partial charge >= 0.3 is 0 Å². The summed E-state index contributed by atoms with van der Waals surface area (Å²) in [5.41, 5.74) is 1.93. The molecule has 1 aromatic heterocycles. The standard InChI is InChI=1S/C20H16BrF2N3O2S/c1-11-6-12(2-5-16(11)21)7-14-9-25-20(29-14)26-18(27)10-24-19(28)15-4-3-13(22)8-17(15)23/h2-6,8-9H,7,10H2,1H3,(H,24,28)(H,25,26,27). The fourth-order valence-corrected chi connectivity index (χ4v) is 3.67. The van der Waals surface area contributed by atoms with E-state index in [4.69, 9.17) is 0 Å². The van der Waals surface area contributed by atoms with Gasteiger partial charge in [0.25, 0.3) is 5.91 Å². The molecule has 0 spiro atoms. The monoisotopic (exact) mass is 479 g/mol. The second kappa shape index (κ2) is 9.23. The van der Waals surface area contributed by atoms with E-state index in [0.717, 1.165) is 32.6 Å². The van der Waals surface area contributed by atoms with E-state index in [1.54, 1.807) is 6.20 Å². The molecule has 0 aliphatic heterocycles. The zero-order valence-corrected chi connectivity index (χ0v) is 17.7. The smallest absolute Gasteiger partial charge is 0.254 e. The first-order chi connectivity index (χ1) is 13.8. The summed E-state index contributed by atoms with van der Waals surface area (Å²) in [6.45, 7) is 1.65. The van der Waals surface area contributed by atoms with Crippen molar-refractivity contribution in [2.45, 2.75) is 13.3 Å². The highest BCUT2D eigenvalue weighted by molar-refractivity contribution is 9.10. The highest BCUT2D eigenvalue weighted by atomic mass is 79.9. The van der Waals surface area contributed by atoms with E-state index in [1.807, 2.05) is 19.1 Å². The van der Waals surface area contributed by atoms with Crippen molar-refractivity contribution in [3.63, 3.8) is 0 Å². The summed E-state index contributed by atoms with van der Waals surface area (Å²) >= 11 is 4.80. The van der Waals surface area contributed by atoms with Crippen molar-refractivity contribution in [1.82, 2.24) is 10.3 Å². The third-order valence-corrected chi connectivity index (χ3v) is 5.79. The first kappa shape index (κ1) is 21.1. The Morgan fingerprint density at radius 3 is 2.69 bits per heavy atom. The average molecular weight is 480 g/mol. The zero-order valence-electron chi connectivity index (χ0n) is 15.3. The second-order valence-corrected chi connectivity index (χ2v) is 8.22. The summed E-state index contributed by atoms with van der Waals surface area (Å²) in [6.07, 6.45) is 2.37. The third-order valence-electron chi connectivity index (χ3n) is 3.99. The normalized spacial score (nSPS) is 10.6. The quantitative estimate of drug-likeness (QED) is 0.548. The van der Waals surface area contributed by atoms with E-state index in [9.17, 15) is 18.4 Å². The molecule has 2 N–H and O–H groups in total. The Bertz CT molecular complexity index is 1070. The van der Waals surface area contributed by atoms with Crippen LogP contribution in [0.25, 0.3) is 0 Å². The Balaban J connectivity index is 1.53. The van der Waals surface area contributed by atoms with Crippen LogP contribution in [0.4, 0.5) is 13.9 Å². The fraction of sp³-hybridized carbons (Fsp3) is 0.150. The van der Waals surface area contributed by atoms with E-state index in [0.29, 0.717) is 17.6 Å². The Morgan fingerprint density at radius 2 is 1.97 bits per heavy atom. The lowest BCUT2D eigenvalue weighted by Crippen LogP contribution is -2.33. The van der Waals surface area contributed by atoms with Gasteiger partial charge in [0.1, 0.15) is 11.6 Å². The van der Waals surface area contributed by atoms with E-state index >= 15 is 0 Å². The predicted molar refractivity (Wildman–Crippen MR) is 111 cm³/mol. The van der Waals surface area contributed by atoms with Crippen LogP contribution in [0, 0.1) is 18.6 Å². The number of anilines is 1. The number of aromatic nitrogens is 1. The molecular formula is C20H16BrF2N3O2S. The molecular weight excluding hydrogens is 464 g/mol. The third kappa shape index (κ3) is 5.68. The van der Waals surface area contributed by atoms with E-state index in [-0.39, 0.29) is 12.1 Å². The molecule has 3 aromatic rings. The number of carbonyl (C=O) groups is 2. The first-order valence-electron chi connectivity index (χ1n) is 8.54. The van der Waals surface area contributed by atoms with Crippen molar-refractivity contribution in [2.24, 2.45) is 0 Å². The minimum absolute atomic E-state index is 0.333. The molecule has 2 aromatic carbocycles. The number of rotatable bonds is 6. The van der Waals surface area contributed by atoms with Crippen LogP contribution in [-0.2, 0) is 11.2 Å². The van der Waals surface area contributed by atoms with Crippen LogP contribution in [0.15, 0.2) is 47.1 Å². The number of nitrogens with one attached hydrogen (secondary N) is 2. The van der Waals surface area contributed by atoms with Gasteiger partial charge < -0.3 is 10.6 Å². The van der Waals surface area contributed by atoms with Crippen molar-refractivity contribution in [2.75, 3.05) is 11.9 Å². The van der Waals surface area contributed by atoms with Crippen LogP contribution in [-0.4, -0.2) is 23.3 Å². The van der Waals surface area contributed by atoms with Gasteiger partial charge in [-0.3, -0.25) is 9.59 Å². The molecule has 0 atom stereocenters. The molecule has 2 amide bonds. The number of hydrogen-bond donors (Lipinski definition) is 2. The fourth-order valence-electron chi connectivity index (χ4n) is 2.56. The molecule has 0 unspecified atom stereocenters. The largest absolute Gasteiger partial charge is 0.343 e. The van der Waals surface area contributed by atoms with Crippen molar-refractivity contribution < 1.29 is 18.4 Å². The maximum atomic E-state index is 13.6. The second-order valence-electron chi connectivity index (χ2n) is 6.25. The van der Waals surface area contributed by atoms with Crippen LogP contribution < -0.4 is 10.6 Å². The van der Waals surface area contributed by atoms with Crippen LogP contribution >= 0.6 is 27.3 Å². The Hall–Kier alpha value is -2.65. The summed E-state index contributed by atoms with van der Waals surface area (Å²) in [5, 5.41) is 5.29. The molecule has 0 saturated carbocycles. The lowest BCUT2D eigenvalue weighted by atomic mass is 10.1. The van der Waals surface area contributed by atoms with Crippen molar-refractivity contribution in [1.29, 1.82) is 0 Å². The van der Waals surface area contributed by atoms with Crippen LogP contribution in [0.5, 0.6) is 0 Å². The molecule has 0 aliphatic carbocycles. The number of thiazole rings is 1. The maximum absolute atomic E-state index is 13.6. The van der Waals surface area contributed by atoms with Crippen molar-refractivity contribution >= 4 is 44.2 Å². The molecule has 9 heteroatoms. The van der Waals surface area contributed by atoms with E-state index in [1.165, 1.54) is 11.3 Å². The number of carbonyl (C=O) groups excluding carboxylic acids is 2. The summed E-state index contributed by atoms with van der Waals surface area (Å²) < 4.78 is 27.5. The number of benzene rings is 2. The van der Waals surface area contributed by atoms with E-state index in [2.05, 4.69) is 37.6 Å². The number of amides is 2. The number of hydrogen-bond acceptors (Lipinski definition) is 4.